The van der Waals surface area contributed by atoms with Gasteiger partial charge in [0.25, 0.3) is 11.8 Å². The lowest BCUT2D eigenvalue weighted by atomic mass is 10.2. The predicted octanol–water partition coefficient (Wildman–Crippen LogP) is 2.25. The molecule has 0 radical (unpaired) electrons. The van der Waals surface area contributed by atoms with E-state index in [0.29, 0.717) is 30.3 Å². The smallest absolute Gasteiger partial charge is 0.279 e. The molecule has 1 aliphatic rings. The maximum absolute atomic E-state index is 12.7. The number of thiophene rings is 1. The first-order valence-corrected chi connectivity index (χ1v) is 10.4. The van der Waals surface area contributed by atoms with Crippen LogP contribution >= 0.6 is 22.9 Å². The molecule has 1 aliphatic heterocycles. The van der Waals surface area contributed by atoms with Crippen molar-refractivity contribution in [1.29, 1.82) is 0 Å². The molecule has 0 saturated carbocycles. The topological polar surface area (TPSA) is 53.9 Å². The van der Waals surface area contributed by atoms with Gasteiger partial charge >= 0.3 is 0 Å². The maximum atomic E-state index is 12.7. The van der Waals surface area contributed by atoms with Gasteiger partial charge in [0.15, 0.2) is 6.54 Å². The number of hydrogen-bond acceptors (Lipinski definition) is 3. The summed E-state index contributed by atoms with van der Waals surface area (Å²) < 4.78 is 0. The molecule has 2 aromatic rings. The number of quaternary nitrogens is 1. The van der Waals surface area contributed by atoms with Gasteiger partial charge in [-0.15, -0.1) is 11.3 Å². The quantitative estimate of drug-likeness (QED) is 0.800. The van der Waals surface area contributed by atoms with Gasteiger partial charge in [0.1, 0.15) is 0 Å². The molecule has 0 spiro atoms. The van der Waals surface area contributed by atoms with Crippen LogP contribution in [0.25, 0.3) is 0 Å². The highest BCUT2D eigenvalue weighted by molar-refractivity contribution is 7.14. The summed E-state index contributed by atoms with van der Waals surface area (Å²) >= 11 is 7.66. The second-order valence-electron chi connectivity index (χ2n) is 6.79. The summed E-state index contributed by atoms with van der Waals surface area (Å²) in [5.74, 6) is 0.0571. The Morgan fingerprint density at radius 3 is 2.59 bits per heavy atom. The molecule has 0 aliphatic carbocycles. The number of para-hydroxylation sites is 1. The zero-order valence-corrected chi connectivity index (χ0v) is 17.3. The first kappa shape index (κ1) is 19.9. The molecular formula is C20H25ClN3O2S+. The van der Waals surface area contributed by atoms with Crippen molar-refractivity contribution in [2.75, 3.05) is 38.0 Å². The van der Waals surface area contributed by atoms with Gasteiger partial charge in [-0.1, -0.05) is 30.7 Å². The van der Waals surface area contributed by atoms with Gasteiger partial charge in [0, 0.05) is 4.88 Å². The minimum Gasteiger partial charge on any atom is -0.327 e. The normalized spacial score (nSPS) is 15.0. The van der Waals surface area contributed by atoms with Gasteiger partial charge in [-0.05, 0) is 37.1 Å². The highest BCUT2D eigenvalue weighted by atomic mass is 35.5. The first-order chi connectivity index (χ1) is 13.0. The van der Waals surface area contributed by atoms with Crippen LogP contribution in [0.4, 0.5) is 5.69 Å². The highest BCUT2D eigenvalue weighted by Gasteiger charge is 2.27. The summed E-state index contributed by atoms with van der Waals surface area (Å²) in [6.45, 7) is 7.45. The van der Waals surface area contributed by atoms with E-state index in [1.165, 1.54) is 15.3 Å². The Morgan fingerprint density at radius 2 is 1.96 bits per heavy atom. The van der Waals surface area contributed by atoms with Crippen LogP contribution in [0.1, 0.15) is 27.0 Å². The molecule has 2 amide bonds. The third-order valence-corrected chi connectivity index (χ3v) is 6.34. The van der Waals surface area contributed by atoms with Crippen molar-refractivity contribution in [1.82, 2.24) is 4.90 Å². The fourth-order valence-electron chi connectivity index (χ4n) is 3.32. The van der Waals surface area contributed by atoms with Crippen molar-refractivity contribution in [3.63, 3.8) is 0 Å². The van der Waals surface area contributed by atoms with Crippen LogP contribution in [0, 0.1) is 6.92 Å². The van der Waals surface area contributed by atoms with Crippen LogP contribution < -0.4 is 10.2 Å². The lowest BCUT2D eigenvalue weighted by molar-refractivity contribution is -0.895. The van der Waals surface area contributed by atoms with Gasteiger partial charge in [-0.3, -0.25) is 9.59 Å². The number of halogens is 1. The van der Waals surface area contributed by atoms with Gasteiger partial charge < -0.3 is 15.1 Å². The standard InChI is InChI=1S/C20H24ClN3O2S/c1-3-15-12-18(27-14(15)2)20(26)24-10-8-23(9-11-24)13-19(25)22-17-7-5-4-6-16(17)21/h4-7,12H,3,8-11,13H2,1-2H3,(H,22,25)/p+1. The maximum Gasteiger partial charge on any atom is 0.279 e. The molecule has 1 saturated heterocycles. The van der Waals surface area contributed by atoms with Gasteiger partial charge in [0.2, 0.25) is 0 Å². The molecule has 0 bridgehead atoms. The van der Waals surface area contributed by atoms with E-state index in [9.17, 15) is 9.59 Å². The molecule has 0 atom stereocenters. The van der Waals surface area contributed by atoms with E-state index in [1.807, 2.05) is 23.1 Å². The van der Waals surface area contributed by atoms with Crippen LogP contribution in [-0.2, 0) is 11.2 Å². The number of hydrogen-bond donors (Lipinski definition) is 2. The number of nitrogens with one attached hydrogen (secondary N) is 2. The largest absolute Gasteiger partial charge is 0.327 e. The van der Waals surface area contributed by atoms with Crippen molar-refractivity contribution in [2.24, 2.45) is 0 Å². The number of rotatable bonds is 5. The Hall–Kier alpha value is -1.89. The SMILES string of the molecule is CCc1cc(C(=O)N2CC[NH+](CC(=O)Nc3ccccc3Cl)CC2)sc1C. The Kier molecular flexibility index (Phi) is 6.52. The molecule has 3 rings (SSSR count). The van der Waals surface area contributed by atoms with Crippen molar-refractivity contribution in [2.45, 2.75) is 20.3 Å². The van der Waals surface area contributed by atoms with Crippen LogP contribution in [0.2, 0.25) is 5.02 Å². The molecule has 7 heteroatoms. The number of benzene rings is 1. The molecule has 1 aromatic carbocycles. The van der Waals surface area contributed by atoms with E-state index in [4.69, 9.17) is 11.6 Å². The van der Waals surface area contributed by atoms with Gasteiger partial charge in [-0.25, -0.2) is 0 Å². The summed E-state index contributed by atoms with van der Waals surface area (Å²) in [5, 5.41) is 3.40. The monoisotopic (exact) mass is 406 g/mol. The summed E-state index contributed by atoms with van der Waals surface area (Å²) in [5.41, 5.74) is 1.89. The van der Waals surface area contributed by atoms with Crippen molar-refractivity contribution in [3.05, 3.63) is 50.7 Å². The fraction of sp³-hybridized carbons (Fsp3) is 0.400. The number of anilines is 1. The Morgan fingerprint density at radius 1 is 1.26 bits per heavy atom. The zero-order chi connectivity index (χ0) is 19.4. The summed E-state index contributed by atoms with van der Waals surface area (Å²) in [4.78, 5) is 30.1. The minimum atomic E-state index is -0.0562. The Bertz CT molecular complexity index is 828. The number of piperazine rings is 1. The van der Waals surface area contributed by atoms with Gasteiger partial charge in [-0.2, -0.15) is 0 Å². The van der Waals surface area contributed by atoms with Crippen molar-refractivity contribution in [3.8, 4) is 0 Å². The van der Waals surface area contributed by atoms with E-state index in [0.717, 1.165) is 24.4 Å². The van der Waals surface area contributed by atoms with Gasteiger partial charge in [0.05, 0.1) is 41.8 Å². The number of aryl methyl sites for hydroxylation is 2. The molecule has 2 N–H and O–H groups in total. The number of carbonyl (C=O) groups is 2. The molecule has 5 nitrogen and oxygen atoms in total. The van der Waals surface area contributed by atoms with E-state index in [1.54, 1.807) is 23.5 Å². The molecule has 2 heterocycles. The number of amides is 2. The molecular weight excluding hydrogens is 382 g/mol. The lowest BCUT2D eigenvalue weighted by Crippen LogP contribution is -3.15. The first-order valence-electron chi connectivity index (χ1n) is 9.24. The average molecular weight is 407 g/mol. The van der Waals surface area contributed by atoms with Crippen molar-refractivity contribution < 1.29 is 14.5 Å². The molecule has 1 aromatic heterocycles. The molecule has 27 heavy (non-hydrogen) atoms. The average Bonchev–Trinajstić information content (AvgIpc) is 3.04. The van der Waals surface area contributed by atoms with Crippen LogP contribution in [-0.4, -0.2) is 49.4 Å². The predicted molar refractivity (Wildman–Crippen MR) is 110 cm³/mol. The highest BCUT2D eigenvalue weighted by Crippen LogP contribution is 2.23. The second kappa shape index (κ2) is 8.87. The fourth-order valence-corrected chi connectivity index (χ4v) is 4.58. The molecule has 1 fully saturated rings. The Balaban J connectivity index is 1.50. The van der Waals surface area contributed by atoms with Crippen molar-refractivity contribution >= 4 is 40.4 Å². The molecule has 0 unspecified atom stereocenters. The zero-order valence-electron chi connectivity index (χ0n) is 15.7. The number of carbonyl (C=O) groups excluding carboxylic acids is 2. The van der Waals surface area contributed by atoms with E-state index >= 15 is 0 Å². The molecule has 144 valence electrons. The van der Waals surface area contributed by atoms with E-state index < -0.39 is 0 Å². The summed E-state index contributed by atoms with van der Waals surface area (Å²) in [6.07, 6.45) is 0.952. The van der Waals surface area contributed by atoms with Crippen LogP contribution in [0.5, 0.6) is 0 Å². The minimum absolute atomic E-state index is 0.0562. The summed E-state index contributed by atoms with van der Waals surface area (Å²) in [7, 11) is 0. The lowest BCUT2D eigenvalue weighted by Gasteiger charge is -2.31. The van der Waals surface area contributed by atoms with Crippen LogP contribution in [0.15, 0.2) is 30.3 Å². The van der Waals surface area contributed by atoms with E-state index in [2.05, 4.69) is 19.2 Å². The third kappa shape index (κ3) is 4.89. The third-order valence-electron chi connectivity index (χ3n) is 4.93. The number of nitrogens with zero attached hydrogens (tertiary/aromatic N) is 1. The second-order valence-corrected chi connectivity index (χ2v) is 8.46. The summed E-state index contributed by atoms with van der Waals surface area (Å²) in [6, 6.07) is 9.25. The Labute approximate surface area is 168 Å². The van der Waals surface area contributed by atoms with Crippen LogP contribution in [0.3, 0.4) is 0 Å². The van der Waals surface area contributed by atoms with E-state index in [-0.39, 0.29) is 11.8 Å².